The van der Waals surface area contributed by atoms with E-state index in [0.29, 0.717) is 18.7 Å². The number of halogens is 1. The van der Waals surface area contributed by atoms with Crippen LogP contribution in [-0.2, 0) is 32.7 Å². The molecule has 0 bridgehead atoms. The quantitative estimate of drug-likeness (QED) is 0.686. The van der Waals surface area contributed by atoms with Crippen LogP contribution in [-0.4, -0.2) is 59.2 Å². The van der Waals surface area contributed by atoms with Gasteiger partial charge in [0, 0.05) is 37.7 Å². The van der Waals surface area contributed by atoms with Crippen LogP contribution in [0, 0.1) is 0 Å². The second kappa shape index (κ2) is 6.70. The molecule has 0 aliphatic carbocycles. The van der Waals surface area contributed by atoms with Crippen molar-refractivity contribution in [3.8, 4) is 0 Å². The second-order valence-electron chi connectivity index (χ2n) is 7.60. The van der Waals surface area contributed by atoms with Gasteiger partial charge in [-0.1, -0.05) is 0 Å². The molecule has 3 rings (SSSR count). The van der Waals surface area contributed by atoms with E-state index in [4.69, 9.17) is 4.74 Å². The minimum absolute atomic E-state index is 0.0515. The Morgan fingerprint density at radius 2 is 2.07 bits per heavy atom. The first-order valence-corrected chi connectivity index (χ1v) is 9.95. The minimum Gasteiger partial charge on any atom is -0.444 e. The van der Waals surface area contributed by atoms with Crippen LogP contribution in [0.3, 0.4) is 0 Å². The zero-order valence-electron chi connectivity index (χ0n) is 15.3. The molecule has 27 heavy (non-hydrogen) atoms. The van der Waals surface area contributed by atoms with Crippen LogP contribution in [0.2, 0.25) is 0 Å². The van der Waals surface area contributed by atoms with Crippen LogP contribution in [0.4, 0.5) is 14.6 Å². The molecule has 0 N–H and O–H groups in total. The van der Waals surface area contributed by atoms with Gasteiger partial charge in [0.2, 0.25) is 11.9 Å². The first-order chi connectivity index (χ1) is 12.4. The number of ether oxygens (including phenoxy) is 1. The fraction of sp³-hybridized carbons (Fsp3) is 0.625. The summed E-state index contributed by atoms with van der Waals surface area (Å²) >= 11 is 0. The van der Waals surface area contributed by atoms with Crippen molar-refractivity contribution < 1.29 is 26.6 Å². The van der Waals surface area contributed by atoms with E-state index in [-0.39, 0.29) is 19.0 Å². The molecule has 3 heterocycles. The number of carbonyl (C=O) groups excluding carboxylic acids is 2. The van der Waals surface area contributed by atoms with Gasteiger partial charge in [-0.05, 0) is 20.8 Å². The molecule has 9 nitrogen and oxygen atoms in total. The van der Waals surface area contributed by atoms with Crippen LogP contribution in [0.1, 0.15) is 38.4 Å². The number of rotatable bonds is 2. The largest absolute Gasteiger partial charge is 0.444 e. The van der Waals surface area contributed by atoms with E-state index < -0.39 is 39.5 Å². The zero-order valence-corrected chi connectivity index (χ0v) is 16.1. The monoisotopic (exact) mass is 400 g/mol. The number of carbonyl (C=O) groups is 2. The Labute approximate surface area is 156 Å². The Morgan fingerprint density at radius 1 is 1.37 bits per heavy atom. The molecule has 2 aliphatic heterocycles. The smallest absolute Gasteiger partial charge is 0.410 e. The fourth-order valence-electron chi connectivity index (χ4n) is 2.97. The number of aromatic nitrogens is 2. The van der Waals surface area contributed by atoms with Crippen molar-refractivity contribution in [3.63, 3.8) is 0 Å². The molecule has 2 aliphatic rings. The van der Waals surface area contributed by atoms with Crippen LogP contribution in [0.15, 0.2) is 6.20 Å². The van der Waals surface area contributed by atoms with Gasteiger partial charge in [-0.3, -0.25) is 9.69 Å². The highest BCUT2D eigenvalue weighted by Gasteiger charge is 2.40. The summed E-state index contributed by atoms with van der Waals surface area (Å²) in [5.41, 5.74) is 0.789. The lowest BCUT2D eigenvalue weighted by molar-refractivity contribution is -0.117. The lowest BCUT2D eigenvalue weighted by Crippen LogP contribution is -2.40. The van der Waals surface area contributed by atoms with Crippen LogP contribution >= 0.6 is 0 Å². The molecule has 1 fully saturated rings. The van der Waals surface area contributed by atoms with E-state index >= 15 is 0 Å². The standard InChI is InChI=1S/C16H21FN4O5S/c1-16(2,3)26-15(23)20-5-4-12-10(8-20)7-18-14(19-12)21-9-11(6-13(21)22)27(17,24)25/h7,11H,4-6,8-9H2,1-3H3. The number of nitrogens with zero attached hydrogens (tertiary/aromatic N) is 4. The van der Waals surface area contributed by atoms with Crippen molar-refractivity contribution >= 4 is 28.2 Å². The first kappa shape index (κ1) is 19.5. The molecule has 11 heteroatoms. The van der Waals surface area contributed by atoms with Gasteiger partial charge in [0.15, 0.2) is 0 Å². The van der Waals surface area contributed by atoms with E-state index in [0.717, 1.165) is 10.5 Å². The average Bonchev–Trinajstić information content (AvgIpc) is 2.94. The summed E-state index contributed by atoms with van der Waals surface area (Å²) in [4.78, 5) is 35.3. The molecular weight excluding hydrogens is 379 g/mol. The summed E-state index contributed by atoms with van der Waals surface area (Å²) in [5, 5.41) is -1.40. The van der Waals surface area contributed by atoms with Crippen molar-refractivity contribution in [1.29, 1.82) is 0 Å². The third-order valence-corrected chi connectivity index (χ3v) is 5.41. The van der Waals surface area contributed by atoms with Gasteiger partial charge in [0.25, 0.3) is 0 Å². The molecule has 0 radical (unpaired) electrons. The minimum atomic E-state index is -4.80. The molecular formula is C16H21FN4O5S. The van der Waals surface area contributed by atoms with Gasteiger partial charge < -0.3 is 9.64 Å². The number of hydrogen-bond donors (Lipinski definition) is 0. The molecule has 0 aromatic carbocycles. The highest BCUT2D eigenvalue weighted by molar-refractivity contribution is 7.87. The Morgan fingerprint density at radius 3 is 2.67 bits per heavy atom. The predicted molar refractivity (Wildman–Crippen MR) is 93.2 cm³/mol. The topological polar surface area (TPSA) is 110 Å². The number of hydrogen-bond acceptors (Lipinski definition) is 7. The first-order valence-electron chi connectivity index (χ1n) is 8.50. The van der Waals surface area contributed by atoms with Crippen molar-refractivity contribution in [1.82, 2.24) is 14.9 Å². The third-order valence-electron chi connectivity index (χ3n) is 4.30. The van der Waals surface area contributed by atoms with Crippen LogP contribution in [0.5, 0.6) is 0 Å². The Balaban J connectivity index is 1.74. The maximum absolute atomic E-state index is 13.2. The van der Waals surface area contributed by atoms with Gasteiger partial charge in [0.05, 0.1) is 12.2 Å². The predicted octanol–water partition coefficient (Wildman–Crippen LogP) is 1.17. The van der Waals surface area contributed by atoms with Crippen molar-refractivity contribution in [2.24, 2.45) is 0 Å². The number of anilines is 1. The molecule has 0 spiro atoms. The summed E-state index contributed by atoms with van der Waals surface area (Å²) in [6.45, 7) is 5.73. The maximum Gasteiger partial charge on any atom is 0.410 e. The van der Waals surface area contributed by atoms with E-state index in [1.807, 2.05) is 0 Å². The third kappa shape index (κ3) is 4.34. The number of amides is 2. The molecule has 1 atom stereocenters. The summed E-state index contributed by atoms with van der Waals surface area (Å²) in [6, 6.07) is 0. The maximum atomic E-state index is 13.2. The van der Waals surface area contributed by atoms with Gasteiger partial charge in [-0.2, -0.15) is 8.42 Å². The van der Waals surface area contributed by atoms with Crippen LogP contribution in [0.25, 0.3) is 0 Å². The van der Waals surface area contributed by atoms with Crippen molar-refractivity contribution in [2.75, 3.05) is 18.0 Å². The molecule has 1 unspecified atom stereocenters. The van der Waals surface area contributed by atoms with Crippen molar-refractivity contribution in [3.05, 3.63) is 17.5 Å². The molecule has 1 aromatic heterocycles. The van der Waals surface area contributed by atoms with Crippen LogP contribution < -0.4 is 4.90 Å². The molecule has 0 saturated carbocycles. The van der Waals surface area contributed by atoms with E-state index in [2.05, 4.69) is 9.97 Å². The lowest BCUT2D eigenvalue weighted by Gasteiger charge is -2.31. The van der Waals surface area contributed by atoms with Gasteiger partial charge in [-0.15, -0.1) is 3.89 Å². The molecule has 148 valence electrons. The SMILES string of the molecule is CC(C)(C)OC(=O)N1CCc2nc(N3CC(S(=O)(=O)F)CC3=O)ncc2C1. The fourth-order valence-corrected chi connectivity index (χ4v) is 3.64. The molecule has 1 aromatic rings. The molecule has 2 amide bonds. The van der Waals surface area contributed by atoms with Gasteiger partial charge in [-0.25, -0.2) is 14.8 Å². The summed E-state index contributed by atoms with van der Waals surface area (Å²) in [7, 11) is -4.80. The highest BCUT2D eigenvalue weighted by atomic mass is 32.3. The second-order valence-corrected chi connectivity index (χ2v) is 9.22. The summed E-state index contributed by atoms with van der Waals surface area (Å²) in [5.74, 6) is -0.483. The Kier molecular flexibility index (Phi) is 4.83. The zero-order chi connectivity index (χ0) is 20.0. The Hall–Kier alpha value is -2.30. The van der Waals surface area contributed by atoms with Gasteiger partial charge in [0.1, 0.15) is 10.9 Å². The normalized spacial score (nSPS) is 20.6. The highest BCUT2D eigenvalue weighted by Crippen LogP contribution is 2.26. The van der Waals surface area contributed by atoms with Gasteiger partial charge >= 0.3 is 16.3 Å². The number of fused-ring (bicyclic) bond motifs is 1. The van der Waals surface area contributed by atoms with E-state index in [9.17, 15) is 21.9 Å². The van der Waals surface area contributed by atoms with Crippen molar-refractivity contribution in [2.45, 2.75) is 51.0 Å². The molecule has 1 saturated heterocycles. The van der Waals surface area contributed by atoms with E-state index in [1.54, 1.807) is 25.7 Å². The average molecular weight is 400 g/mol. The van der Waals surface area contributed by atoms with E-state index in [1.165, 1.54) is 6.20 Å². The summed E-state index contributed by atoms with van der Waals surface area (Å²) < 4.78 is 40.6. The lowest BCUT2D eigenvalue weighted by atomic mass is 10.1. The Bertz CT molecular complexity index is 883. The summed E-state index contributed by atoms with van der Waals surface area (Å²) in [6.07, 6.45) is 1.09.